The molecule has 0 spiro atoms. The summed E-state index contributed by atoms with van der Waals surface area (Å²) in [5, 5.41) is 11.7. The fraction of sp³-hybridized carbons (Fsp3) is 0.314. The van der Waals surface area contributed by atoms with Gasteiger partial charge in [0, 0.05) is 24.6 Å². The molecule has 0 saturated heterocycles. The molecule has 1 amide bonds. The van der Waals surface area contributed by atoms with Crippen LogP contribution in [-0.4, -0.2) is 23.6 Å². The number of amides is 1. The first-order valence-corrected chi connectivity index (χ1v) is 14.1. The summed E-state index contributed by atoms with van der Waals surface area (Å²) in [6.45, 7) is 2.20. The molecular formula is C35H39NO4. The van der Waals surface area contributed by atoms with Crippen LogP contribution in [-0.2, 0) is 22.6 Å². The third-order valence-corrected chi connectivity index (χ3v) is 6.44. The molecule has 0 aliphatic carbocycles. The number of carboxylic acids is 1. The van der Waals surface area contributed by atoms with Gasteiger partial charge in [0.15, 0.2) is 6.61 Å². The molecule has 3 aromatic carbocycles. The van der Waals surface area contributed by atoms with Crippen LogP contribution in [0.1, 0.15) is 74.1 Å². The second-order valence-corrected chi connectivity index (χ2v) is 9.77. The Bertz CT molecular complexity index is 1280. The maximum Gasteiger partial charge on any atom is 0.341 e. The number of allylic oxidation sites excluding steroid dienone is 1. The number of rotatable bonds is 15. The van der Waals surface area contributed by atoms with Crippen molar-refractivity contribution in [2.24, 2.45) is 0 Å². The Kier molecular flexibility index (Phi) is 13.1. The van der Waals surface area contributed by atoms with Gasteiger partial charge in [-0.3, -0.25) is 4.79 Å². The van der Waals surface area contributed by atoms with Gasteiger partial charge in [0.1, 0.15) is 5.75 Å². The van der Waals surface area contributed by atoms with Gasteiger partial charge in [-0.1, -0.05) is 105 Å². The van der Waals surface area contributed by atoms with Crippen LogP contribution in [0.2, 0.25) is 0 Å². The van der Waals surface area contributed by atoms with Crippen molar-refractivity contribution in [2.45, 2.75) is 64.8 Å². The number of unbranched alkanes of at least 4 members (excludes halogenated alkanes) is 6. The molecule has 0 aromatic heterocycles. The molecule has 0 heterocycles. The summed E-state index contributed by atoms with van der Waals surface area (Å²) in [7, 11) is 0. The zero-order valence-electron chi connectivity index (χ0n) is 23.3. The van der Waals surface area contributed by atoms with E-state index in [1.54, 1.807) is 30.3 Å². The van der Waals surface area contributed by atoms with E-state index in [1.165, 1.54) is 32.1 Å². The summed E-state index contributed by atoms with van der Waals surface area (Å²) >= 11 is 0. The highest BCUT2D eigenvalue weighted by molar-refractivity contribution is 5.95. The minimum atomic E-state index is -1.03. The molecule has 0 atom stereocenters. The summed E-state index contributed by atoms with van der Waals surface area (Å²) in [5.41, 5.74) is 4.94. The van der Waals surface area contributed by atoms with Crippen molar-refractivity contribution < 1.29 is 19.4 Å². The van der Waals surface area contributed by atoms with Gasteiger partial charge in [-0.05, 0) is 59.4 Å². The minimum Gasteiger partial charge on any atom is -0.482 e. The molecule has 3 rings (SSSR count). The number of carbonyl (C=O) groups excluding carboxylic acids is 1. The van der Waals surface area contributed by atoms with Crippen LogP contribution < -0.4 is 10.1 Å². The third kappa shape index (κ3) is 11.6. The van der Waals surface area contributed by atoms with E-state index in [9.17, 15) is 9.59 Å². The van der Waals surface area contributed by atoms with Gasteiger partial charge in [0.25, 0.3) is 0 Å². The van der Waals surface area contributed by atoms with E-state index in [0.29, 0.717) is 18.7 Å². The van der Waals surface area contributed by atoms with Gasteiger partial charge in [-0.15, -0.1) is 0 Å². The molecule has 0 aliphatic heterocycles. The maximum atomic E-state index is 12.8. The first-order chi connectivity index (χ1) is 19.5. The average Bonchev–Trinajstić information content (AvgIpc) is 2.98. The van der Waals surface area contributed by atoms with Gasteiger partial charge in [-0.2, -0.15) is 0 Å². The normalized spacial score (nSPS) is 10.9. The van der Waals surface area contributed by atoms with Gasteiger partial charge >= 0.3 is 5.97 Å². The third-order valence-electron chi connectivity index (χ3n) is 6.44. The van der Waals surface area contributed by atoms with Crippen molar-refractivity contribution in [3.8, 4) is 17.6 Å². The predicted octanol–water partition coefficient (Wildman–Crippen LogP) is 7.19. The molecule has 208 valence electrons. The molecule has 0 radical (unpaired) electrons. The van der Waals surface area contributed by atoms with E-state index >= 15 is 0 Å². The van der Waals surface area contributed by atoms with E-state index in [1.807, 2.05) is 30.3 Å². The van der Waals surface area contributed by atoms with Gasteiger partial charge in [-0.25, -0.2) is 4.79 Å². The fourth-order valence-electron chi connectivity index (χ4n) is 4.22. The van der Waals surface area contributed by atoms with Crippen molar-refractivity contribution in [1.29, 1.82) is 0 Å². The van der Waals surface area contributed by atoms with Gasteiger partial charge < -0.3 is 15.2 Å². The lowest BCUT2D eigenvalue weighted by atomic mass is 9.97. The number of benzene rings is 3. The number of hydrogen-bond acceptors (Lipinski definition) is 3. The lowest BCUT2D eigenvalue weighted by Crippen LogP contribution is -2.21. The first-order valence-electron chi connectivity index (χ1n) is 14.1. The Morgan fingerprint density at radius 2 is 1.52 bits per heavy atom. The minimum absolute atomic E-state index is 0.178. The summed E-state index contributed by atoms with van der Waals surface area (Å²) < 4.78 is 5.15. The lowest BCUT2D eigenvalue weighted by Gasteiger charge is -2.10. The van der Waals surface area contributed by atoms with Crippen molar-refractivity contribution in [1.82, 2.24) is 5.32 Å². The van der Waals surface area contributed by atoms with E-state index in [0.717, 1.165) is 40.7 Å². The molecule has 40 heavy (non-hydrogen) atoms. The van der Waals surface area contributed by atoms with E-state index in [-0.39, 0.29) is 5.91 Å². The molecule has 2 N–H and O–H groups in total. The van der Waals surface area contributed by atoms with Crippen molar-refractivity contribution in [2.75, 3.05) is 6.61 Å². The predicted molar refractivity (Wildman–Crippen MR) is 161 cm³/mol. The van der Waals surface area contributed by atoms with Crippen molar-refractivity contribution in [3.63, 3.8) is 0 Å². The van der Waals surface area contributed by atoms with Crippen LogP contribution in [0, 0.1) is 11.8 Å². The van der Waals surface area contributed by atoms with Crippen LogP contribution in [0.4, 0.5) is 0 Å². The van der Waals surface area contributed by atoms with Crippen molar-refractivity contribution in [3.05, 3.63) is 107 Å². The van der Waals surface area contributed by atoms with Crippen molar-refractivity contribution >= 4 is 17.4 Å². The van der Waals surface area contributed by atoms with E-state index < -0.39 is 12.6 Å². The molecule has 0 fully saturated rings. The topological polar surface area (TPSA) is 75.6 Å². The smallest absolute Gasteiger partial charge is 0.341 e. The highest BCUT2D eigenvalue weighted by Gasteiger charge is 2.08. The monoisotopic (exact) mass is 537 g/mol. The number of nitrogens with one attached hydrogen (secondary N) is 1. The second kappa shape index (κ2) is 17.3. The molecule has 0 bridgehead atoms. The largest absolute Gasteiger partial charge is 0.482 e. The number of hydrogen-bond donors (Lipinski definition) is 2. The zero-order chi connectivity index (χ0) is 28.4. The maximum absolute atomic E-state index is 12.8. The highest BCUT2D eigenvalue weighted by Crippen LogP contribution is 2.20. The molecular weight excluding hydrogens is 498 g/mol. The Labute approximate surface area is 238 Å². The summed E-state index contributed by atoms with van der Waals surface area (Å²) in [4.78, 5) is 23.5. The molecule has 0 unspecified atom stereocenters. The Morgan fingerprint density at radius 3 is 2.23 bits per heavy atom. The fourth-order valence-corrected chi connectivity index (χ4v) is 4.22. The van der Waals surface area contributed by atoms with Crippen LogP contribution in [0.15, 0.2) is 84.9 Å². The summed E-state index contributed by atoms with van der Waals surface area (Å²) in [5.74, 6) is 5.84. The lowest BCUT2D eigenvalue weighted by molar-refractivity contribution is -0.139. The Balaban J connectivity index is 1.57. The van der Waals surface area contributed by atoms with Crippen LogP contribution in [0.5, 0.6) is 5.75 Å². The quantitative estimate of drug-likeness (QED) is 0.122. The summed E-state index contributed by atoms with van der Waals surface area (Å²) in [6, 6.07) is 25.2. The number of carbonyl (C=O) groups is 2. The standard InChI is InChI=1S/C35H39NO4/c1-2-3-4-5-6-7-8-10-13-28-16-18-29(19-17-28)24-32(31-14-11-9-12-15-31)25-34(37)36-26-30-20-22-33(23-21-30)40-27-35(38)39/h9,11-12,14-23,25H,2-8,24,26-27H2,1H3,(H,36,37)(H,38,39)/b32-25+. The highest BCUT2D eigenvalue weighted by atomic mass is 16.5. The number of carboxylic acid groups (broad SMARTS) is 1. The molecule has 0 saturated carbocycles. The van der Waals surface area contributed by atoms with Gasteiger partial charge in [0.05, 0.1) is 0 Å². The van der Waals surface area contributed by atoms with Crippen LogP contribution in [0.25, 0.3) is 5.57 Å². The van der Waals surface area contributed by atoms with Crippen LogP contribution >= 0.6 is 0 Å². The zero-order valence-corrected chi connectivity index (χ0v) is 23.3. The SMILES string of the molecule is CCCCCCCCC#Cc1ccc(C/C(=C\C(=O)NCc2ccc(OCC(=O)O)cc2)c2ccccc2)cc1. The van der Waals surface area contributed by atoms with E-state index in [2.05, 4.69) is 48.3 Å². The molecule has 5 heteroatoms. The average molecular weight is 538 g/mol. The van der Waals surface area contributed by atoms with E-state index in [4.69, 9.17) is 9.84 Å². The second-order valence-electron chi connectivity index (χ2n) is 9.77. The van der Waals surface area contributed by atoms with Gasteiger partial charge in [0.2, 0.25) is 5.91 Å². The number of aliphatic carboxylic acids is 1. The first kappa shape index (κ1) is 30.2. The van der Waals surface area contributed by atoms with Crippen LogP contribution in [0.3, 0.4) is 0 Å². The summed E-state index contributed by atoms with van der Waals surface area (Å²) in [6.07, 6.45) is 10.9. The Hall–Kier alpha value is -4.30. The Morgan fingerprint density at radius 1 is 0.850 bits per heavy atom. The molecule has 5 nitrogen and oxygen atoms in total. The number of ether oxygens (including phenoxy) is 1. The molecule has 3 aromatic rings. The molecule has 0 aliphatic rings.